The summed E-state index contributed by atoms with van der Waals surface area (Å²) in [4.78, 5) is 18.9. The molecule has 0 aliphatic carbocycles. The smallest absolute Gasteiger partial charge is 0.227 e. The molecule has 0 unspecified atom stereocenters. The Balaban J connectivity index is 1.57. The predicted molar refractivity (Wildman–Crippen MR) is 93.3 cm³/mol. The lowest BCUT2D eigenvalue weighted by Crippen LogP contribution is -2.41. The number of nitrogens with zero attached hydrogens (tertiary/aromatic N) is 5. The van der Waals surface area contributed by atoms with Crippen molar-refractivity contribution >= 4 is 5.91 Å². The number of aryl methyl sites for hydroxylation is 3. The van der Waals surface area contributed by atoms with E-state index in [2.05, 4.69) is 32.9 Å². The molecule has 3 heterocycles. The molecule has 7 nitrogen and oxygen atoms in total. The van der Waals surface area contributed by atoms with Gasteiger partial charge in [0.1, 0.15) is 0 Å². The Kier molecular flexibility index (Phi) is 5.20. The largest absolute Gasteiger partial charge is 0.341 e. The minimum absolute atomic E-state index is 0.149. The fourth-order valence-corrected chi connectivity index (χ4v) is 3.37. The van der Waals surface area contributed by atoms with Gasteiger partial charge in [-0.15, -0.1) is 0 Å². The van der Waals surface area contributed by atoms with E-state index >= 15 is 0 Å². The van der Waals surface area contributed by atoms with Crippen LogP contribution in [0.25, 0.3) is 0 Å². The third kappa shape index (κ3) is 4.08. The monoisotopic (exact) mass is 345 g/mol. The number of piperidine rings is 1. The number of aromatic nitrogens is 4. The van der Waals surface area contributed by atoms with Gasteiger partial charge in [0.2, 0.25) is 11.8 Å². The van der Waals surface area contributed by atoms with E-state index in [4.69, 9.17) is 4.52 Å². The van der Waals surface area contributed by atoms with Crippen LogP contribution in [0, 0.1) is 13.8 Å². The average molecular weight is 345 g/mol. The summed E-state index contributed by atoms with van der Waals surface area (Å²) in [6, 6.07) is 2.35. The standard InChI is InChI=1S/C18H27N5O2/c1-12(2)18-19-16(25-21-18)7-8-17(24)22-9-5-6-15(11-22)23-14(4)10-13(3)20-23/h10,12,15H,5-9,11H2,1-4H3/t15-/m1/s1. The van der Waals surface area contributed by atoms with E-state index in [1.807, 2.05) is 25.7 Å². The lowest BCUT2D eigenvalue weighted by Gasteiger charge is -2.33. The molecule has 1 aliphatic rings. The molecule has 0 radical (unpaired) electrons. The van der Waals surface area contributed by atoms with Crippen LogP contribution in [-0.4, -0.2) is 43.8 Å². The lowest BCUT2D eigenvalue weighted by atomic mass is 10.0. The van der Waals surface area contributed by atoms with E-state index in [9.17, 15) is 4.79 Å². The van der Waals surface area contributed by atoms with Gasteiger partial charge >= 0.3 is 0 Å². The first kappa shape index (κ1) is 17.6. The maximum absolute atomic E-state index is 12.6. The van der Waals surface area contributed by atoms with Gasteiger partial charge in [0, 0.05) is 37.5 Å². The Morgan fingerprint density at radius 3 is 2.84 bits per heavy atom. The van der Waals surface area contributed by atoms with E-state index < -0.39 is 0 Å². The second-order valence-corrected chi connectivity index (χ2v) is 7.21. The summed E-state index contributed by atoms with van der Waals surface area (Å²) in [5, 5.41) is 8.53. The second-order valence-electron chi connectivity index (χ2n) is 7.21. The maximum atomic E-state index is 12.6. The third-order valence-electron chi connectivity index (χ3n) is 4.69. The molecule has 1 saturated heterocycles. The first-order chi connectivity index (χ1) is 11.9. The number of hydrogen-bond acceptors (Lipinski definition) is 5. The van der Waals surface area contributed by atoms with Gasteiger partial charge in [0.25, 0.3) is 0 Å². The molecule has 1 amide bonds. The summed E-state index contributed by atoms with van der Waals surface area (Å²) in [6.45, 7) is 9.66. The van der Waals surface area contributed by atoms with Crippen LogP contribution in [0.3, 0.4) is 0 Å². The van der Waals surface area contributed by atoms with Crippen LogP contribution >= 0.6 is 0 Å². The molecule has 2 aromatic rings. The first-order valence-electron chi connectivity index (χ1n) is 9.07. The predicted octanol–water partition coefficient (Wildman–Crippen LogP) is 2.80. The highest BCUT2D eigenvalue weighted by atomic mass is 16.5. The summed E-state index contributed by atoms with van der Waals surface area (Å²) in [5.74, 6) is 1.63. The molecule has 1 fully saturated rings. The topological polar surface area (TPSA) is 77.0 Å². The van der Waals surface area contributed by atoms with Crippen molar-refractivity contribution < 1.29 is 9.32 Å². The second kappa shape index (κ2) is 7.37. The fourth-order valence-electron chi connectivity index (χ4n) is 3.37. The number of carbonyl (C=O) groups excluding carboxylic acids is 1. The van der Waals surface area contributed by atoms with Crippen molar-refractivity contribution in [2.75, 3.05) is 13.1 Å². The van der Waals surface area contributed by atoms with E-state index in [-0.39, 0.29) is 17.9 Å². The minimum Gasteiger partial charge on any atom is -0.341 e. The molecule has 7 heteroatoms. The molecule has 25 heavy (non-hydrogen) atoms. The van der Waals surface area contributed by atoms with Crippen molar-refractivity contribution in [3.8, 4) is 0 Å². The molecular weight excluding hydrogens is 318 g/mol. The molecule has 0 N–H and O–H groups in total. The van der Waals surface area contributed by atoms with Crippen LogP contribution in [-0.2, 0) is 11.2 Å². The van der Waals surface area contributed by atoms with Gasteiger partial charge in [0.05, 0.1) is 11.7 Å². The zero-order valence-corrected chi connectivity index (χ0v) is 15.5. The van der Waals surface area contributed by atoms with Crippen molar-refractivity contribution in [2.45, 2.75) is 65.3 Å². The van der Waals surface area contributed by atoms with Crippen LogP contribution in [0.5, 0.6) is 0 Å². The van der Waals surface area contributed by atoms with Crippen molar-refractivity contribution in [1.82, 2.24) is 24.8 Å². The molecule has 0 saturated carbocycles. The van der Waals surface area contributed by atoms with E-state index in [1.54, 1.807) is 0 Å². The molecule has 1 aliphatic heterocycles. The van der Waals surface area contributed by atoms with Gasteiger partial charge in [-0.2, -0.15) is 10.1 Å². The molecule has 136 valence electrons. The minimum atomic E-state index is 0.149. The van der Waals surface area contributed by atoms with Gasteiger partial charge in [0.15, 0.2) is 5.82 Å². The normalized spacial score (nSPS) is 18.1. The SMILES string of the molecule is Cc1cc(C)n([C@@H]2CCCN(C(=O)CCc3nc(C(C)C)no3)C2)n1. The van der Waals surface area contributed by atoms with Crippen molar-refractivity contribution in [1.29, 1.82) is 0 Å². The number of amides is 1. The molecule has 0 aromatic carbocycles. The molecule has 2 aromatic heterocycles. The van der Waals surface area contributed by atoms with Crippen molar-refractivity contribution in [3.05, 3.63) is 29.2 Å². The summed E-state index contributed by atoms with van der Waals surface area (Å²) in [5.41, 5.74) is 2.18. The zero-order valence-electron chi connectivity index (χ0n) is 15.5. The van der Waals surface area contributed by atoms with Crippen LogP contribution in [0.4, 0.5) is 0 Å². The van der Waals surface area contributed by atoms with Crippen LogP contribution < -0.4 is 0 Å². The Hall–Kier alpha value is -2.18. The summed E-state index contributed by atoms with van der Waals surface area (Å²) >= 11 is 0. The summed E-state index contributed by atoms with van der Waals surface area (Å²) in [6.07, 6.45) is 2.98. The number of rotatable bonds is 5. The highest BCUT2D eigenvalue weighted by molar-refractivity contribution is 5.76. The molecule has 0 spiro atoms. The van der Waals surface area contributed by atoms with Crippen molar-refractivity contribution in [2.24, 2.45) is 0 Å². The third-order valence-corrected chi connectivity index (χ3v) is 4.69. The zero-order chi connectivity index (χ0) is 18.0. The Morgan fingerprint density at radius 2 is 2.20 bits per heavy atom. The molecule has 3 rings (SSSR count). The first-order valence-corrected chi connectivity index (χ1v) is 9.07. The average Bonchev–Trinajstić information content (AvgIpc) is 3.19. The van der Waals surface area contributed by atoms with Gasteiger partial charge in [-0.25, -0.2) is 0 Å². The Morgan fingerprint density at radius 1 is 1.40 bits per heavy atom. The Bertz CT molecular complexity index is 734. The summed E-state index contributed by atoms with van der Waals surface area (Å²) in [7, 11) is 0. The van der Waals surface area contributed by atoms with E-state index in [1.165, 1.54) is 0 Å². The van der Waals surface area contributed by atoms with Gasteiger partial charge < -0.3 is 9.42 Å². The quantitative estimate of drug-likeness (QED) is 0.833. The van der Waals surface area contributed by atoms with Gasteiger partial charge in [-0.05, 0) is 32.8 Å². The lowest BCUT2D eigenvalue weighted by molar-refractivity contribution is -0.133. The maximum Gasteiger partial charge on any atom is 0.227 e. The van der Waals surface area contributed by atoms with E-state index in [0.717, 1.165) is 37.3 Å². The van der Waals surface area contributed by atoms with Crippen LogP contribution in [0.15, 0.2) is 10.6 Å². The molecule has 0 bridgehead atoms. The fraction of sp³-hybridized carbons (Fsp3) is 0.667. The van der Waals surface area contributed by atoms with Crippen LogP contribution in [0.1, 0.15) is 68.2 Å². The Labute approximate surface area is 148 Å². The summed E-state index contributed by atoms with van der Waals surface area (Å²) < 4.78 is 7.30. The number of likely N-dealkylation sites (tertiary alicyclic amines) is 1. The van der Waals surface area contributed by atoms with Crippen LogP contribution in [0.2, 0.25) is 0 Å². The van der Waals surface area contributed by atoms with Crippen molar-refractivity contribution in [3.63, 3.8) is 0 Å². The molecular formula is C18H27N5O2. The highest BCUT2D eigenvalue weighted by Gasteiger charge is 2.26. The highest BCUT2D eigenvalue weighted by Crippen LogP contribution is 2.23. The van der Waals surface area contributed by atoms with Gasteiger partial charge in [-0.1, -0.05) is 19.0 Å². The number of carbonyl (C=O) groups is 1. The molecule has 1 atom stereocenters. The van der Waals surface area contributed by atoms with Gasteiger partial charge in [-0.3, -0.25) is 9.48 Å². The number of hydrogen-bond donors (Lipinski definition) is 0. The van der Waals surface area contributed by atoms with E-state index in [0.29, 0.717) is 24.6 Å².